The number of rotatable bonds is 6. The molecule has 7 nitrogen and oxygen atoms in total. The second-order valence-corrected chi connectivity index (χ2v) is 10.9. The van der Waals surface area contributed by atoms with Gasteiger partial charge in [0.15, 0.2) is 5.65 Å². The summed E-state index contributed by atoms with van der Waals surface area (Å²) in [6.07, 6.45) is 5.65. The lowest BCUT2D eigenvalue weighted by Gasteiger charge is -2.27. The Morgan fingerprint density at radius 3 is 2.75 bits per heavy atom. The van der Waals surface area contributed by atoms with Crippen LogP contribution in [0.25, 0.3) is 17.0 Å². The Kier molecular flexibility index (Phi) is 6.76. The van der Waals surface area contributed by atoms with Crippen molar-refractivity contribution in [2.75, 3.05) is 18.5 Å². The molecule has 2 atom stereocenters. The number of halogens is 3. The summed E-state index contributed by atoms with van der Waals surface area (Å²) in [5.74, 6) is -3.99. The number of imidazole rings is 1. The molecule has 4 aromatic rings. The maximum atomic E-state index is 13.9. The second-order valence-electron chi connectivity index (χ2n) is 10.9. The molecular formula is C29H30BF3N6O. The van der Waals surface area contributed by atoms with Gasteiger partial charge in [0.2, 0.25) is 6.71 Å². The summed E-state index contributed by atoms with van der Waals surface area (Å²) in [4.78, 5) is 24.9. The van der Waals surface area contributed by atoms with Crippen molar-refractivity contribution in [2.24, 2.45) is 0 Å². The van der Waals surface area contributed by atoms with Crippen LogP contribution in [0.15, 0.2) is 60.8 Å². The maximum Gasteiger partial charge on any atom is 0.322 e. The van der Waals surface area contributed by atoms with E-state index in [2.05, 4.69) is 9.88 Å². The number of anilines is 1. The molecule has 5 heterocycles. The van der Waals surface area contributed by atoms with Crippen molar-refractivity contribution >= 4 is 29.7 Å². The first-order chi connectivity index (χ1) is 19.2. The van der Waals surface area contributed by atoms with Crippen molar-refractivity contribution in [3.63, 3.8) is 0 Å². The lowest BCUT2D eigenvalue weighted by Crippen LogP contribution is -2.44. The molecule has 11 heteroatoms. The zero-order valence-corrected chi connectivity index (χ0v) is 22.5. The number of amides is 1. The van der Waals surface area contributed by atoms with Gasteiger partial charge in [0, 0.05) is 32.2 Å². The Morgan fingerprint density at radius 1 is 1.12 bits per heavy atom. The normalized spacial score (nSPS) is 19.5. The van der Waals surface area contributed by atoms with Gasteiger partial charge in [-0.1, -0.05) is 24.5 Å². The molecule has 1 unspecified atom stereocenters. The van der Waals surface area contributed by atoms with E-state index < -0.39 is 11.8 Å². The molecule has 0 spiro atoms. The van der Waals surface area contributed by atoms with Gasteiger partial charge < -0.3 is 9.80 Å². The molecule has 206 valence electrons. The van der Waals surface area contributed by atoms with Gasteiger partial charge >= 0.3 is 5.92 Å². The van der Waals surface area contributed by atoms with Gasteiger partial charge in [0.05, 0.1) is 17.9 Å². The summed E-state index contributed by atoms with van der Waals surface area (Å²) in [5.41, 5.74) is 3.94. The highest BCUT2D eigenvalue weighted by Gasteiger charge is 2.41. The monoisotopic (exact) mass is 546 g/mol. The molecule has 1 aromatic carbocycles. The average Bonchev–Trinajstić information content (AvgIpc) is 3.71. The van der Waals surface area contributed by atoms with E-state index in [4.69, 9.17) is 10.1 Å². The minimum absolute atomic E-state index is 0.0436. The van der Waals surface area contributed by atoms with Crippen molar-refractivity contribution in [1.29, 1.82) is 0 Å². The van der Waals surface area contributed by atoms with Crippen LogP contribution >= 0.6 is 0 Å². The number of hydrogen-bond acceptors (Lipinski definition) is 5. The fraction of sp³-hybridized carbons (Fsp3) is 0.379. The summed E-state index contributed by atoms with van der Waals surface area (Å²) in [6.45, 7) is 1.52. The van der Waals surface area contributed by atoms with E-state index >= 15 is 0 Å². The third-order valence-electron chi connectivity index (χ3n) is 8.23. The van der Waals surface area contributed by atoms with Crippen molar-refractivity contribution < 1.29 is 18.0 Å². The van der Waals surface area contributed by atoms with E-state index in [-0.39, 0.29) is 24.6 Å². The Bertz CT molecular complexity index is 1560. The van der Waals surface area contributed by atoms with E-state index in [9.17, 15) is 18.0 Å². The largest absolute Gasteiger partial charge is 0.348 e. The van der Waals surface area contributed by atoms with Crippen LogP contribution in [0.3, 0.4) is 0 Å². The fourth-order valence-corrected chi connectivity index (χ4v) is 6.17. The Labute approximate surface area is 231 Å². The van der Waals surface area contributed by atoms with Crippen LogP contribution in [0.1, 0.15) is 37.8 Å². The number of alkyl halides is 2. The standard InChI is InChI=1S/C29H30BF3N6O/c1-29(32,33)28(40)37(2)21-13-14-30(17-21)25-10-4-8-22(35-25)24-18-34-26-11-12-27(36-39(24)26)38-15-5-9-23(38)19-6-3-7-20(31)16-19/h3-4,6-8,10-12,16,18,21,23H,5,9,13-15,17H2,1-2H3/t21-,23?/m1/s1. The van der Waals surface area contributed by atoms with Crippen LogP contribution in [-0.4, -0.2) is 62.7 Å². The van der Waals surface area contributed by atoms with Gasteiger partial charge in [-0.25, -0.2) is 13.9 Å². The number of carbonyl (C=O) groups excluding carboxylic acids is 1. The van der Waals surface area contributed by atoms with Crippen LogP contribution in [0.2, 0.25) is 12.6 Å². The lowest BCUT2D eigenvalue weighted by atomic mass is 9.45. The summed E-state index contributed by atoms with van der Waals surface area (Å²) in [5, 5.41) is 4.93. The van der Waals surface area contributed by atoms with Crippen molar-refractivity contribution in [3.05, 3.63) is 72.2 Å². The minimum Gasteiger partial charge on any atom is -0.348 e. The predicted octanol–water partition coefficient (Wildman–Crippen LogP) is 4.86. The third kappa shape index (κ3) is 4.93. The summed E-state index contributed by atoms with van der Waals surface area (Å²) >= 11 is 0. The summed E-state index contributed by atoms with van der Waals surface area (Å²) < 4.78 is 42.9. The molecule has 0 N–H and O–H groups in total. The summed E-state index contributed by atoms with van der Waals surface area (Å²) in [7, 11) is 1.46. The number of aromatic nitrogens is 4. The smallest absolute Gasteiger partial charge is 0.322 e. The van der Waals surface area contributed by atoms with Crippen molar-refractivity contribution in [1.82, 2.24) is 24.5 Å². The van der Waals surface area contributed by atoms with Crippen LogP contribution < -0.4 is 10.5 Å². The molecular weight excluding hydrogens is 516 g/mol. The summed E-state index contributed by atoms with van der Waals surface area (Å²) in [6, 6.07) is 16.2. The van der Waals surface area contributed by atoms with Crippen molar-refractivity contribution in [3.8, 4) is 11.4 Å². The zero-order chi connectivity index (χ0) is 28.0. The van der Waals surface area contributed by atoms with E-state index in [1.165, 1.54) is 18.0 Å². The second kappa shape index (κ2) is 10.3. The first-order valence-electron chi connectivity index (χ1n) is 13.7. The number of hydrogen-bond donors (Lipinski definition) is 0. The number of pyridine rings is 1. The first-order valence-corrected chi connectivity index (χ1v) is 13.7. The fourth-order valence-electron chi connectivity index (χ4n) is 6.17. The first kappa shape index (κ1) is 26.3. The molecule has 0 radical (unpaired) electrons. The Morgan fingerprint density at radius 2 is 1.95 bits per heavy atom. The highest BCUT2D eigenvalue weighted by molar-refractivity contribution is 6.73. The molecule has 2 fully saturated rings. The van der Waals surface area contributed by atoms with Crippen LogP contribution in [0.5, 0.6) is 0 Å². The molecule has 2 aliphatic heterocycles. The van der Waals surface area contributed by atoms with Gasteiger partial charge in [0.1, 0.15) is 17.3 Å². The minimum atomic E-state index is -3.38. The van der Waals surface area contributed by atoms with Gasteiger partial charge in [-0.05, 0) is 67.5 Å². The molecule has 2 aliphatic rings. The van der Waals surface area contributed by atoms with E-state index in [1.807, 2.05) is 36.4 Å². The SMILES string of the molecule is CN(C(=O)C(C)(F)F)[C@@H]1CCB(c2cccc(-c3cnc4ccc(N5CCCC5c5cccc(F)c5)nn34)n2)C1. The van der Waals surface area contributed by atoms with Gasteiger partial charge in [-0.3, -0.25) is 9.78 Å². The number of benzene rings is 1. The highest BCUT2D eigenvalue weighted by atomic mass is 19.3. The number of nitrogens with zero attached hydrogens (tertiary/aromatic N) is 6. The van der Waals surface area contributed by atoms with Gasteiger partial charge in [0.25, 0.3) is 5.91 Å². The Balaban J connectivity index is 1.26. The van der Waals surface area contributed by atoms with Crippen molar-refractivity contribution in [2.45, 2.75) is 56.8 Å². The molecule has 0 aliphatic carbocycles. The highest BCUT2D eigenvalue weighted by Crippen LogP contribution is 2.36. The molecule has 1 amide bonds. The number of carbonyl (C=O) groups is 1. The Hall–Kier alpha value is -3.89. The topological polar surface area (TPSA) is 66.6 Å². The molecule has 0 saturated carbocycles. The predicted molar refractivity (Wildman–Crippen MR) is 149 cm³/mol. The van der Waals surface area contributed by atoms with Gasteiger partial charge in [-0.15, -0.1) is 5.10 Å². The van der Waals surface area contributed by atoms with E-state index in [0.29, 0.717) is 31.0 Å². The van der Waals surface area contributed by atoms with Crippen LogP contribution in [-0.2, 0) is 4.79 Å². The molecule has 40 heavy (non-hydrogen) atoms. The average molecular weight is 546 g/mol. The lowest BCUT2D eigenvalue weighted by molar-refractivity contribution is -0.155. The molecule has 2 saturated heterocycles. The number of fused-ring (bicyclic) bond motifs is 1. The zero-order valence-electron chi connectivity index (χ0n) is 22.5. The molecule has 3 aromatic heterocycles. The third-order valence-corrected chi connectivity index (χ3v) is 8.23. The van der Waals surface area contributed by atoms with Gasteiger partial charge in [-0.2, -0.15) is 8.78 Å². The quantitative estimate of drug-likeness (QED) is 0.324. The molecule has 0 bridgehead atoms. The molecule has 6 rings (SSSR count). The van der Waals surface area contributed by atoms with E-state index in [0.717, 1.165) is 48.4 Å². The van der Waals surface area contributed by atoms with Crippen LogP contribution in [0.4, 0.5) is 19.0 Å². The van der Waals surface area contributed by atoms with Crippen LogP contribution in [0, 0.1) is 5.82 Å². The van der Waals surface area contributed by atoms with E-state index in [1.54, 1.807) is 22.8 Å². The maximum absolute atomic E-state index is 13.9.